The van der Waals surface area contributed by atoms with E-state index in [9.17, 15) is 0 Å². The van der Waals surface area contributed by atoms with E-state index >= 15 is 0 Å². The maximum Gasteiger partial charge on any atom is 0.0714 e. The van der Waals surface area contributed by atoms with Crippen LogP contribution in [0.25, 0.3) is 0 Å². The van der Waals surface area contributed by atoms with Crippen molar-refractivity contribution < 1.29 is 4.74 Å². The highest BCUT2D eigenvalue weighted by molar-refractivity contribution is 4.81. The van der Waals surface area contributed by atoms with Crippen LogP contribution in [0.5, 0.6) is 0 Å². The Labute approximate surface area is 88.4 Å². The van der Waals surface area contributed by atoms with E-state index in [1.54, 1.807) is 0 Å². The molecule has 0 aromatic carbocycles. The molecule has 0 saturated carbocycles. The molecule has 84 valence electrons. The van der Waals surface area contributed by atoms with E-state index in [0.29, 0.717) is 12.1 Å². The zero-order valence-corrected chi connectivity index (χ0v) is 9.88. The Hall–Kier alpha value is -0.0800. The molecule has 1 aliphatic rings. The molecule has 0 amide bonds. The van der Waals surface area contributed by atoms with Gasteiger partial charge in [0.25, 0.3) is 0 Å². The first-order chi connectivity index (χ1) is 6.72. The largest absolute Gasteiger partial charge is 0.377 e. The minimum Gasteiger partial charge on any atom is -0.377 e. The lowest BCUT2D eigenvalue weighted by Gasteiger charge is -2.12. The van der Waals surface area contributed by atoms with Crippen LogP contribution in [0.15, 0.2) is 0 Å². The van der Waals surface area contributed by atoms with Crippen LogP contribution in [0.2, 0.25) is 0 Å². The third-order valence-corrected chi connectivity index (χ3v) is 2.87. The summed E-state index contributed by atoms with van der Waals surface area (Å²) in [5, 5.41) is 3.52. The van der Waals surface area contributed by atoms with Crippen LogP contribution >= 0.6 is 0 Å². The first-order valence-corrected chi connectivity index (χ1v) is 6.07. The van der Waals surface area contributed by atoms with Gasteiger partial charge in [-0.1, -0.05) is 27.2 Å². The maximum absolute atomic E-state index is 5.83. The molecule has 0 radical (unpaired) electrons. The highest BCUT2D eigenvalue weighted by Crippen LogP contribution is 2.15. The number of ether oxygens (including phenoxy) is 1. The van der Waals surface area contributed by atoms with Crippen molar-refractivity contribution >= 4 is 0 Å². The van der Waals surface area contributed by atoms with E-state index in [-0.39, 0.29) is 0 Å². The van der Waals surface area contributed by atoms with Gasteiger partial charge in [-0.05, 0) is 25.2 Å². The van der Waals surface area contributed by atoms with E-state index in [1.165, 1.54) is 25.7 Å². The van der Waals surface area contributed by atoms with Crippen molar-refractivity contribution in [1.29, 1.82) is 0 Å². The molecule has 1 heterocycles. The molecule has 0 unspecified atom stereocenters. The summed E-state index contributed by atoms with van der Waals surface area (Å²) in [6, 6.07) is 0.712. The van der Waals surface area contributed by atoms with Crippen LogP contribution < -0.4 is 5.32 Å². The van der Waals surface area contributed by atoms with Crippen LogP contribution in [0.4, 0.5) is 0 Å². The molecular formula is C12H25NO. The topological polar surface area (TPSA) is 21.3 Å². The highest BCUT2D eigenvalue weighted by atomic mass is 16.5. The Kier molecular flexibility index (Phi) is 5.49. The fourth-order valence-electron chi connectivity index (χ4n) is 1.95. The lowest BCUT2D eigenvalue weighted by atomic mass is 10.1. The predicted molar refractivity (Wildman–Crippen MR) is 60.5 cm³/mol. The Morgan fingerprint density at radius 3 is 2.86 bits per heavy atom. The number of hydrogen-bond acceptors (Lipinski definition) is 2. The second-order valence-electron chi connectivity index (χ2n) is 4.80. The third kappa shape index (κ3) is 4.43. The zero-order chi connectivity index (χ0) is 10.4. The van der Waals surface area contributed by atoms with Crippen molar-refractivity contribution in [2.45, 2.75) is 58.6 Å². The van der Waals surface area contributed by atoms with Crippen LogP contribution in [0, 0.1) is 5.92 Å². The van der Waals surface area contributed by atoms with Crippen molar-refractivity contribution in [3.05, 3.63) is 0 Å². The summed E-state index contributed by atoms with van der Waals surface area (Å²) in [6.45, 7) is 8.73. The summed E-state index contributed by atoms with van der Waals surface area (Å²) < 4.78 is 5.83. The monoisotopic (exact) mass is 199 g/mol. The van der Waals surface area contributed by atoms with Gasteiger partial charge in [0.15, 0.2) is 0 Å². The summed E-state index contributed by atoms with van der Waals surface area (Å²) in [4.78, 5) is 0. The van der Waals surface area contributed by atoms with Crippen LogP contribution in [-0.2, 0) is 4.74 Å². The Bertz CT molecular complexity index is 147. The maximum atomic E-state index is 5.83. The second kappa shape index (κ2) is 6.41. The zero-order valence-electron chi connectivity index (χ0n) is 9.88. The van der Waals surface area contributed by atoms with E-state index in [2.05, 4.69) is 26.1 Å². The van der Waals surface area contributed by atoms with Gasteiger partial charge in [-0.2, -0.15) is 0 Å². The Morgan fingerprint density at radius 1 is 1.43 bits per heavy atom. The quantitative estimate of drug-likeness (QED) is 0.710. The second-order valence-corrected chi connectivity index (χ2v) is 4.80. The van der Waals surface area contributed by atoms with Gasteiger partial charge in [0.2, 0.25) is 0 Å². The van der Waals surface area contributed by atoms with Crippen molar-refractivity contribution in [3.8, 4) is 0 Å². The van der Waals surface area contributed by atoms with Gasteiger partial charge >= 0.3 is 0 Å². The molecule has 1 fully saturated rings. The third-order valence-electron chi connectivity index (χ3n) is 2.87. The predicted octanol–water partition coefficient (Wildman–Crippen LogP) is 2.58. The van der Waals surface area contributed by atoms with Gasteiger partial charge < -0.3 is 10.1 Å². The van der Waals surface area contributed by atoms with Gasteiger partial charge in [0, 0.05) is 19.2 Å². The summed E-state index contributed by atoms with van der Waals surface area (Å²) in [5.41, 5.74) is 0. The van der Waals surface area contributed by atoms with Gasteiger partial charge in [-0.25, -0.2) is 0 Å². The van der Waals surface area contributed by atoms with Crippen molar-refractivity contribution in [1.82, 2.24) is 5.32 Å². The van der Waals surface area contributed by atoms with Crippen molar-refractivity contribution in [2.75, 3.05) is 13.2 Å². The molecule has 2 atom stereocenters. The average Bonchev–Trinajstić information content (AvgIpc) is 2.53. The van der Waals surface area contributed by atoms with Gasteiger partial charge in [0.05, 0.1) is 6.10 Å². The SMILES string of the molecule is CCC[C@H]1C[C@@H](OCCC(C)C)CN1. The average molecular weight is 199 g/mol. The van der Waals surface area contributed by atoms with Crippen LogP contribution in [0.1, 0.15) is 46.5 Å². The van der Waals surface area contributed by atoms with Crippen LogP contribution in [-0.4, -0.2) is 25.3 Å². The number of rotatable bonds is 6. The summed E-state index contributed by atoms with van der Waals surface area (Å²) in [7, 11) is 0. The highest BCUT2D eigenvalue weighted by Gasteiger charge is 2.23. The molecule has 0 bridgehead atoms. The molecule has 0 aliphatic carbocycles. The molecule has 0 aromatic heterocycles. The first kappa shape index (κ1) is 12.0. The molecule has 1 aliphatic heterocycles. The van der Waals surface area contributed by atoms with Gasteiger partial charge in [-0.3, -0.25) is 0 Å². The molecule has 1 N–H and O–H groups in total. The summed E-state index contributed by atoms with van der Waals surface area (Å²) in [6.07, 6.45) is 5.45. The number of hydrogen-bond donors (Lipinski definition) is 1. The van der Waals surface area contributed by atoms with E-state index < -0.39 is 0 Å². The van der Waals surface area contributed by atoms with Crippen molar-refractivity contribution in [2.24, 2.45) is 5.92 Å². The molecule has 14 heavy (non-hydrogen) atoms. The molecule has 1 saturated heterocycles. The van der Waals surface area contributed by atoms with Crippen LogP contribution in [0.3, 0.4) is 0 Å². The van der Waals surface area contributed by atoms with E-state index in [1.807, 2.05) is 0 Å². The molecule has 0 aromatic rings. The smallest absolute Gasteiger partial charge is 0.0714 e. The Balaban J connectivity index is 2.04. The molecule has 2 nitrogen and oxygen atoms in total. The minimum atomic E-state index is 0.477. The summed E-state index contributed by atoms with van der Waals surface area (Å²) >= 11 is 0. The minimum absolute atomic E-state index is 0.477. The van der Waals surface area contributed by atoms with Crippen molar-refractivity contribution in [3.63, 3.8) is 0 Å². The summed E-state index contributed by atoms with van der Waals surface area (Å²) in [5.74, 6) is 0.760. The lowest BCUT2D eigenvalue weighted by Crippen LogP contribution is -2.21. The van der Waals surface area contributed by atoms with E-state index in [0.717, 1.165) is 19.1 Å². The fourth-order valence-corrected chi connectivity index (χ4v) is 1.95. The number of nitrogens with one attached hydrogen (secondary N) is 1. The van der Waals surface area contributed by atoms with E-state index in [4.69, 9.17) is 4.74 Å². The fraction of sp³-hybridized carbons (Fsp3) is 1.00. The lowest BCUT2D eigenvalue weighted by molar-refractivity contribution is 0.0580. The molecular weight excluding hydrogens is 174 g/mol. The molecule has 0 spiro atoms. The van der Waals surface area contributed by atoms with Gasteiger partial charge in [0.1, 0.15) is 0 Å². The van der Waals surface area contributed by atoms with Gasteiger partial charge in [-0.15, -0.1) is 0 Å². The first-order valence-electron chi connectivity index (χ1n) is 6.07. The molecule has 2 heteroatoms. The standard InChI is InChI=1S/C12H25NO/c1-4-5-11-8-12(9-13-11)14-7-6-10(2)3/h10-13H,4-9H2,1-3H3/t11-,12+/m0/s1. The normalized spacial score (nSPS) is 27.4. The molecule has 1 rings (SSSR count). The Morgan fingerprint density at radius 2 is 2.21 bits per heavy atom.